The van der Waals surface area contributed by atoms with E-state index in [4.69, 9.17) is 21.4 Å². The molecule has 116 valence electrons. The molecule has 0 atom stereocenters. The highest BCUT2D eigenvalue weighted by Gasteiger charge is 2.25. The number of anilines is 2. The van der Waals surface area contributed by atoms with Crippen LogP contribution in [0.25, 0.3) is 0 Å². The number of hydrogen-bond donors (Lipinski definition) is 1. The molecule has 6 heteroatoms. The predicted molar refractivity (Wildman–Crippen MR) is 88.6 cm³/mol. The molecule has 1 aliphatic heterocycles. The number of nitrogen functional groups attached to an aromatic ring is 1. The van der Waals surface area contributed by atoms with Gasteiger partial charge in [-0.05, 0) is 54.9 Å². The molecule has 1 aromatic carbocycles. The van der Waals surface area contributed by atoms with Crippen molar-refractivity contribution in [2.45, 2.75) is 26.4 Å². The van der Waals surface area contributed by atoms with Crippen LogP contribution in [-0.4, -0.2) is 42.6 Å². The quantitative estimate of drug-likeness (QED) is 0.778. The van der Waals surface area contributed by atoms with E-state index in [0.717, 1.165) is 0 Å². The van der Waals surface area contributed by atoms with Crippen molar-refractivity contribution in [2.75, 3.05) is 36.6 Å². The van der Waals surface area contributed by atoms with Crippen molar-refractivity contribution in [1.82, 2.24) is 4.90 Å². The van der Waals surface area contributed by atoms with E-state index < -0.39 is 37.7 Å². The molecule has 0 unspecified atom stereocenters. The molecule has 0 saturated carbocycles. The molecule has 0 aliphatic carbocycles. The first-order valence-corrected chi connectivity index (χ1v) is 6.96. The summed E-state index contributed by atoms with van der Waals surface area (Å²) in [6.07, 6.45) is -1.52. The van der Waals surface area contributed by atoms with Crippen molar-refractivity contribution < 1.29 is 20.5 Å². The van der Waals surface area contributed by atoms with E-state index in [9.17, 15) is 4.79 Å². The van der Waals surface area contributed by atoms with E-state index in [1.54, 1.807) is 0 Å². The minimum Gasteiger partial charge on any atom is -0.444 e. The third-order valence-electron chi connectivity index (χ3n) is 2.36. The zero-order chi connectivity index (χ0) is 22.8. The largest absolute Gasteiger partial charge is 0.444 e. The Labute approximate surface area is 145 Å². The van der Waals surface area contributed by atoms with E-state index in [1.807, 2.05) is 0 Å². The Balaban J connectivity index is 2.72. The maximum absolute atomic E-state index is 12.6. The maximum atomic E-state index is 12.6. The summed E-state index contributed by atoms with van der Waals surface area (Å²) in [6.45, 7) is -8.60. The number of carbonyl (C=O) groups excluding carboxylic acids is 1. The highest BCUT2D eigenvalue weighted by molar-refractivity contribution is 9.10. The van der Waals surface area contributed by atoms with Gasteiger partial charge in [0.2, 0.25) is 0 Å². The lowest BCUT2D eigenvalue weighted by Gasteiger charge is -2.36. The van der Waals surface area contributed by atoms with Crippen molar-refractivity contribution in [1.29, 1.82) is 0 Å². The maximum Gasteiger partial charge on any atom is 0.410 e. The van der Waals surface area contributed by atoms with Crippen LogP contribution >= 0.6 is 15.9 Å². The minimum atomic E-state index is -3.31. The summed E-state index contributed by atoms with van der Waals surface area (Å²) in [5.41, 5.74) is 4.57. The van der Waals surface area contributed by atoms with Crippen molar-refractivity contribution in [3.05, 3.63) is 22.7 Å². The van der Waals surface area contributed by atoms with Gasteiger partial charge in [0.1, 0.15) is 5.60 Å². The molecule has 0 bridgehead atoms. The molecule has 1 fully saturated rings. The van der Waals surface area contributed by atoms with Crippen LogP contribution in [0.2, 0.25) is 0 Å². The smallest absolute Gasteiger partial charge is 0.410 e. The number of ether oxygens (including phenoxy) is 1. The van der Waals surface area contributed by atoms with Gasteiger partial charge in [-0.2, -0.15) is 0 Å². The first kappa shape index (κ1) is 8.27. The van der Waals surface area contributed by atoms with Gasteiger partial charge in [0, 0.05) is 41.8 Å². The Hall–Kier alpha value is -1.43. The van der Waals surface area contributed by atoms with Crippen LogP contribution in [0.4, 0.5) is 16.2 Å². The van der Waals surface area contributed by atoms with Gasteiger partial charge in [0.15, 0.2) is 0 Å². The van der Waals surface area contributed by atoms with Crippen LogP contribution in [0.5, 0.6) is 0 Å². The van der Waals surface area contributed by atoms with E-state index in [2.05, 4.69) is 15.9 Å². The average molecular weight is 364 g/mol. The van der Waals surface area contributed by atoms with Crippen LogP contribution in [0.1, 0.15) is 31.7 Å². The van der Waals surface area contributed by atoms with Crippen LogP contribution in [0.15, 0.2) is 22.7 Å². The van der Waals surface area contributed by atoms with Crippen LogP contribution in [0.3, 0.4) is 0 Å². The first-order valence-electron chi connectivity index (χ1n) is 10.2. The molecule has 21 heavy (non-hydrogen) atoms. The number of benzene rings is 1. The van der Waals surface area contributed by atoms with Gasteiger partial charge in [-0.25, -0.2) is 4.79 Å². The fraction of sp³-hybridized carbons (Fsp3) is 0.533. The molecule has 5 nitrogen and oxygen atoms in total. The lowest BCUT2D eigenvalue weighted by Crippen LogP contribution is -2.50. The molecule has 2 N–H and O–H groups in total. The summed E-state index contributed by atoms with van der Waals surface area (Å²) in [7, 11) is 0. The number of halogens is 1. The summed E-state index contributed by atoms with van der Waals surface area (Å²) in [5.74, 6) is 0. The number of rotatable bonds is 1. The zero-order valence-corrected chi connectivity index (χ0v) is 13.5. The number of piperazine rings is 1. The van der Waals surface area contributed by atoms with Crippen molar-refractivity contribution in [3.8, 4) is 0 Å². The number of nitrogens with two attached hydrogens (primary N) is 1. The fourth-order valence-corrected chi connectivity index (χ4v) is 1.70. The lowest BCUT2D eigenvalue weighted by molar-refractivity contribution is 0.0240. The monoisotopic (exact) mass is 363 g/mol. The molecule has 1 heterocycles. The molecule has 0 radical (unpaired) electrons. The van der Waals surface area contributed by atoms with Gasteiger partial charge < -0.3 is 20.3 Å². The Bertz CT molecular complexity index is 800. The molecule has 1 aromatic rings. The number of hydrogen-bond acceptors (Lipinski definition) is 4. The zero-order valence-electron chi connectivity index (χ0n) is 19.9. The Morgan fingerprint density at radius 3 is 2.48 bits per heavy atom. The third-order valence-corrected chi connectivity index (χ3v) is 3.08. The predicted octanol–water partition coefficient (Wildman–Crippen LogP) is 3.09. The standard InChI is InChI=1S/C15H22BrN3O2/c1-15(2,3)21-14(20)19-8-6-18(7-9-19)11-4-5-12(16)13(17)10-11/h4-5,10H,6-9,17H2,1-3H3/i6D2,7D2,8D2,9D2. The number of amides is 1. The highest BCUT2D eigenvalue weighted by atomic mass is 79.9. The van der Waals surface area contributed by atoms with Crippen LogP contribution < -0.4 is 10.6 Å². The summed E-state index contributed by atoms with van der Waals surface area (Å²) in [4.78, 5) is 12.8. The van der Waals surface area contributed by atoms with Crippen LogP contribution in [-0.2, 0) is 4.74 Å². The van der Waals surface area contributed by atoms with E-state index in [1.165, 1.54) is 39.0 Å². The highest BCUT2D eigenvalue weighted by Crippen LogP contribution is 2.26. The molecule has 0 aromatic heterocycles. The summed E-state index contributed by atoms with van der Waals surface area (Å²) < 4.78 is 71.9. The van der Waals surface area contributed by atoms with Gasteiger partial charge in [-0.1, -0.05) is 0 Å². The van der Waals surface area contributed by atoms with E-state index in [-0.39, 0.29) is 16.3 Å². The Morgan fingerprint density at radius 1 is 1.33 bits per heavy atom. The van der Waals surface area contributed by atoms with E-state index in [0.29, 0.717) is 9.37 Å². The second-order valence-corrected chi connectivity index (χ2v) is 6.16. The molecule has 2 rings (SSSR count). The van der Waals surface area contributed by atoms with Crippen molar-refractivity contribution >= 4 is 33.4 Å². The van der Waals surface area contributed by atoms with Crippen molar-refractivity contribution in [2.24, 2.45) is 0 Å². The Kier molecular flexibility index (Phi) is 2.42. The van der Waals surface area contributed by atoms with Gasteiger partial charge in [0.25, 0.3) is 0 Å². The van der Waals surface area contributed by atoms with Crippen LogP contribution in [0, 0.1) is 0 Å². The normalized spacial score (nSPS) is 31.2. The minimum absolute atomic E-state index is 0.116. The molecule has 1 aliphatic rings. The summed E-state index contributed by atoms with van der Waals surface area (Å²) in [5, 5.41) is 0. The average Bonchev–Trinajstić information content (AvgIpc) is 2.46. The lowest BCUT2D eigenvalue weighted by atomic mass is 10.2. The second kappa shape index (κ2) is 6.13. The fourth-order valence-electron chi connectivity index (χ4n) is 1.45. The SMILES string of the molecule is [2H]C1([2H])N(C(=O)OC(C)(C)C)C([2H])([2H])C([2H])([2H])N(c2ccc(Br)c(N)c2)C1([2H])[2H]. The molecular weight excluding hydrogens is 334 g/mol. The molecular formula is C15H22BrN3O2. The number of carbonyl (C=O) groups is 1. The third kappa shape index (κ3) is 4.27. The van der Waals surface area contributed by atoms with Crippen molar-refractivity contribution in [3.63, 3.8) is 0 Å². The molecule has 1 saturated heterocycles. The Morgan fingerprint density at radius 2 is 1.95 bits per heavy atom. The number of nitrogens with zero attached hydrogens (tertiary/aromatic N) is 2. The molecule has 1 amide bonds. The summed E-state index contributed by atoms with van der Waals surface area (Å²) in [6, 6.07) is 3.86. The second-order valence-electron chi connectivity index (χ2n) is 5.30. The summed E-state index contributed by atoms with van der Waals surface area (Å²) >= 11 is 3.16. The first-order chi connectivity index (χ1) is 12.8. The van der Waals surface area contributed by atoms with E-state index >= 15 is 0 Å². The molecule has 0 spiro atoms. The van der Waals surface area contributed by atoms with Gasteiger partial charge in [-0.15, -0.1) is 0 Å². The topological polar surface area (TPSA) is 58.8 Å². The van der Waals surface area contributed by atoms with Gasteiger partial charge in [-0.3, -0.25) is 0 Å². The van der Waals surface area contributed by atoms with Gasteiger partial charge >= 0.3 is 6.09 Å². The van der Waals surface area contributed by atoms with Gasteiger partial charge in [0.05, 0.1) is 11.0 Å².